The first-order chi connectivity index (χ1) is 11.9. The Morgan fingerprint density at radius 3 is 2.44 bits per heavy atom. The van der Waals surface area contributed by atoms with Crippen LogP contribution in [-0.2, 0) is 12.7 Å². The van der Waals surface area contributed by atoms with Gasteiger partial charge in [-0.3, -0.25) is 4.79 Å². The summed E-state index contributed by atoms with van der Waals surface area (Å²) in [6.45, 7) is 1.90. The van der Waals surface area contributed by atoms with Crippen molar-refractivity contribution in [3.05, 3.63) is 59.3 Å². The fourth-order valence-corrected chi connectivity index (χ4v) is 2.84. The summed E-state index contributed by atoms with van der Waals surface area (Å²) in [7, 11) is 0. The molecule has 132 valence electrons. The fourth-order valence-electron chi connectivity index (χ4n) is 2.84. The third kappa shape index (κ3) is 4.10. The summed E-state index contributed by atoms with van der Waals surface area (Å²) in [5.41, 5.74) is 0.385. The zero-order chi connectivity index (χ0) is 17.9. The minimum atomic E-state index is -4.36. The van der Waals surface area contributed by atoms with E-state index in [4.69, 9.17) is 0 Å². The highest BCUT2D eigenvalue weighted by molar-refractivity contribution is 5.98. The summed E-state index contributed by atoms with van der Waals surface area (Å²) in [6, 6.07) is 8.18. The van der Waals surface area contributed by atoms with Crippen LogP contribution < -0.4 is 10.2 Å². The van der Waals surface area contributed by atoms with E-state index in [1.165, 1.54) is 12.1 Å². The maximum absolute atomic E-state index is 12.6. The molecule has 1 aliphatic heterocycles. The summed E-state index contributed by atoms with van der Waals surface area (Å²) in [4.78, 5) is 18.9. The van der Waals surface area contributed by atoms with Crippen molar-refractivity contribution in [1.82, 2.24) is 10.3 Å². The van der Waals surface area contributed by atoms with Crippen LogP contribution in [0.1, 0.15) is 34.3 Å². The van der Waals surface area contributed by atoms with Gasteiger partial charge in [-0.05, 0) is 42.7 Å². The van der Waals surface area contributed by atoms with E-state index in [-0.39, 0.29) is 12.5 Å². The third-order valence-corrected chi connectivity index (χ3v) is 4.17. The summed E-state index contributed by atoms with van der Waals surface area (Å²) < 4.78 is 37.7. The van der Waals surface area contributed by atoms with E-state index in [0.717, 1.165) is 38.1 Å². The highest BCUT2D eigenvalue weighted by atomic mass is 19.4. The van der Waals surface area contributed by atoms with E-state index in [2.05, 4.69) is 15.2 Å². The lowest BCUT2D eigenvalue weighted by Gasteiger charge is -2.19. The zero-order valence-electron chi connectivity index (χ0n) is 13.5. The highest BCUT2D eigenvalue weighted by Crippen LogP contribution is 2.29. The largest absolute Gasteiger partial charge is 0.416 e. The van der Waals surface area contributed by atoms with Gasteiger partial charge in [-0.2, -0.15) is 13.2 Å². The van der Waals surface area contributed by atoms with Gasteiger partial charge in [-0.15, -0.1) is 0 Å². The van der Waals surface area contributed by atoms with Crippen molar-refractivity contribution >= 4 is 11.7 Å². The van der Waals surface area contributed by atoms with E-state index in [9.17, 15) is 18.0 Å². The molecule has 4 nitrogen and oxygen atoms in total. The second kappa shape index (κ2) is 7.13. The van der Waals surface area contributed by atoms with Crippen LogP contribution in [0.2, 0.25) is 0 Å². The zero-order valence-corrected chi connectivity index (χ0v) is 13.5. The molecule has 1 N–H and O–H groups in total. The molecular weight excluding hydrogens is 331 g/mol. The average molecular weight is 349 g/mol. The van der Waals surface area contributed by atoms with Crippen molar-refractivity contribution in [2.24, 2.45) is 0 Å². The summed E-state index contributed by atoms with van der Waals surface area (Å²) >= 11 is 0. The van der Waals surface area contributed by atoms with Crippen LogP contribution >= 0.6 is 0 Å². The molecule has 1 amide bonds. The lowest BCUT2D eigenvalue weighted by molar-refractivity contribution is -0.137. The molecule has 0 radical (unpaired) electrons. The lowest BCUT2D eigenvalue weighted by Crippen LogP contribution is -2.28. The number of benzene rings is 1. The van der Waals surface area contributed by atoms with Crippen LogP contribution in [0.25, 0.3) is 0 Å². The normalized spacial score (nSPS) is 14.6. The Hall–Kier alpha value is -2.57. The van der Waals surface area contributed by atoms with E-state index in [1.54, 1.807) is 18.3 Å². The number of amides is 1. The standard InChI is InChI=1S/C18H18F3N3O/c19-18(20,21)14-7-5-13(6-8-14)12-23-17(25)15-4-3-9-22-16(15)24-10-1-2-11-24/h3-9H,1-2,10-12H2,(H,23,25). The number of nitrogens with one attached hydrogen (secondary N) is 1. The van der Waals surface area contributed by atoms with Gasteiger partial charge in [0.25, 0.3) is 5.91 Å². The summed E-state index contributed by atoms with van der Waals surface area (Å²) in [5.74, 6) is 0.375. The molecule has 0 atom stereocenters. The van der Waals surface area contributed by atoms with E-state index >= 15 is 0 Å². The molecule has 25 heavy (non-hydrogen) atoms. The molecule has 2 heterocycles. The smallest absolute Gasteiger partial charge is 0.356 e. The second-order valence-electron chi connectivity index (χ2n) is 5.95. The Kier molecular flexibility index (Phi) is 4.92. The molecular formula is C18H18F3N3O. The van der Waals surface area contributed by atoms with Gasteiger partial charge >= 0.3 is 6.18 Å². The van der Waals surface area contributed by atoms with Crippen LogP contribution in [0.4, 0.5) is 19.0 Å². The fraction of sp³-hybridized carbons (Fsp3) is 0.333. The molecule has 0 aliphatic carbocycles. The van der Waals surface area contributed by atoms with Crippen molar-refractivity contribution in [1.29, 1.82) is 0 Å². The Morgan fingerprint density at radius 1 is 1.12 bits per heavy atom. The number of carbonyl (C=O) groups is 1. The number of aromatic nitrogens is 1. The van der Waals surface area contributed by atoms with Gasteiger partial charge < -0.3 is 10.2 Å². The lowest BCUT2D eigenvalue weighted by atomic mass is 10.1. The number of hydrogen-bond acceptors (Lipinski definition) is 3. The van der Waals surface area contributed by atoms with Crippen LogP contribution in [0.15, 0.2) is 42.6 Å². The number of carbonyl (C=O) groups excluding carboxylic acids is 1. The maximum Gasteiger partial charge on any atom is 0.416 e. The molecule has 0 saturated carbocycles. The highest BCUT2D eigenvalue weighted by Gasteiger charge is 2.30. The van der Waals surface area contributed by atoms with Gasteiger partial charge in [-0.25, -0.2) is 4.98 Å². The van der Waals surface area contributed by atoms with Crippen molar-refractivity contribution in [2.45, 2.75) is 25.6 Å². The van der Waals surface area contributed by atoms with Gasteiger partial charge in [0, 0.05) is 25.8 Å². The quantitative estimate of drug-likeness (QED) is 0.917. The van der Waals surface area contributed by atoms with Crippen molar-refractivity contribution in [3.8, 4) is 0 Å². The maximum atomic E-state index is 12.6. The monoisotopic (exact) mass is 349 g/mol. The SMILES string of the molecule is O=C(NCc1ccc(C(F)(F)F)cc1)c1cccnc1N1CCCC1. The average Bonchev–Trinajstić information content (AvgIpc) is 3.14. The second-order valence-corrected chi connectivity index (χ2v) is 5.95. The topological polar surface area (TPSA) is 45.2 Å². The van der Waals surface area contributed by atoms with Crippen LogP contribution in [0.5, 0.6) is 0 Å². The molecule has 1 saturated heterocycles. The number of hydrogen-bond donors (Lipinski definition) is 1. The molecule has 0 bridgehead atoms. The first kappa shape index (κ1) is 17.3. The minimum Gasteiger partial charge on any atom is -0.356 e. The number of rotatable bonds is 4. The van der Waals surface area contributed by atoms with Gasteiger partial charge in [0.05, 0.1) is 11.1 Å². The Labute approximate surface area is 143 Å². The van der Waals surface area contributed by atoms with E-state index in [1.807, 2.05) is 0 Å². The van der Waals surface area contributed by atoms with Gasteiger partial charge in [-0.1, -0.05) is 12.1 Å². The van der Waals surface area contributed by atoms with Gasteiger partial charge in [0.15, 0.2) is 0 Å². The molecule has 1 aromatic heterocycles. The van der Waals surface area contributed by atoms with Gasteiger partial charge in [0.2, 0.25) is 0 Å². The van der Waals surface area contributed by atoms with Crippen molar-refractivity contribution in [3.63, 3.8) is 0 Å². The molecule has 3 rings (SSSR count). The Morgan fingerprint density at radius 2 is 1.80 bits per heavy atom. The van der Waals surface area contributed by atoms with Crippen LogP contribution in [0, 0.1) is 0 Å². The first-order valence-electron chi connectivity index (χ1n) is 8.09. The number of halogens is 3. The Balaban J connectivity index is 1.67. The predicted octanol–water partition coefficient (Wildman–Crippen LogP) is 3.63. The number of alkyl halides is 3. The first-order valence-corrected chi connectivity index (χ1v) is 8.09. The van der Waals surface area contributed by atoms with Crippen LogP contribution in [-0.4, -0.2) is 24.0 Å². The van der Waals surface area contributed by atoms with Crippen molar-refractivity contribution in [2.75, 3.05) is 18.0 Å². The summed E-state index contributed by atoms with van der Waals surface area (Å²) in [6.07, 6.45) is -0.561. The number of nitrogens with zero attached hydrogens (tertiary/aromatic N) is 2. The molecule has 1 aliphatic rings. The van der Waals surface area contributed by atoms with Gasteiger partial charge in [0.1, 0.15) is 5.82 Å². The Bertz CT molecular complexity index is 738. The molecule has 0 unspecified atom stereocenters. The number of anilines is 1. The molecule has 0 spiro atoms. The van der Waals surface area contributed by atoms with Crippen molar-refractivity contribution < 1.29 is 18.0 Å². The minimum absolute atomic E-state index is 0.158. The van der Waals surface area contributed by atoms with E-state index < -0.39 is 11.7 Å². The predicted molar refractivity (Wildman–Crippen MR) is 88.3 cm³/mol. The molecule has 2 aromatic rings. The van der Waals surface area contributed by atoms with Crippen LogP contribution in [0.3, 0.4) is 0 Å². The molecule has 1 fully saturated rings. The number of pyridine rings is 1. The van der Waals surface area contributed by atoms with E-state index in [0.29, 0.717) is 16.9 Å². The summed E-state index contributed by atoms with van der Waals surface area (Å²) in [5, 5.41) is 2.75. The molecule has 7 heteroatoms. The molecule has 1 aromatic carbocycles. The third-order valence-electron chi connectivity index (χ3n) is 4.17.